The van der Waals surface area contributed by atoms with E-state index in [1.807, 2.05) is 0 Å². The van der Waals surface area contributed by atoms with Crippen LogP contribution in [0.3, 0.4) is 0 Å². The zero-order valence-electron chi connectivity index (χ0n) is 20.0. The van der Waals surface area contributed by atoms with Crippen molar-refractivity contribution in [3.8, 4) is 0 Å². The minimum absolute atomic E-state index is 0.373. The van der Waals surface area contributed by atoms with Crippen molar-refractivity contribution in [1.82, 2.24) is 0 Å². The van der Waals surface area contributed by atoms with Crippen LogP contribution in [0.2, 0.25) is 0 Å². The molecule has 4 fully saturated rings. The molecular formula is C23H40O4S7. The lowest BCUT2D eigenvalue weighted by Crippen LogP contribution is -2.34. The normalized spacial score (nSPS) is 28.6. The topological polar surface area (TPSA) is 50.1 Å². The Morgan fingerprint density at radius 3 is 1.29 bits per heavy atom. The van der Waals surface area contributed by atoms with E-state index in [-0.39, 0.29) is 0 Å². The van der Waals surface area contributed by atoms with Gasteiger partial charge in [0.15, 0.2) is 0 Å². The summed E-state index contributed by atoms with van der Waals surface area (Å²) in [5.74, 6) is 16.1. The monoisotopic (exact) mass is 604 g/mol. The first kappa shape index (κ1) is 29.3. The summed E-state index contributed by atoms with van der Waals surface area (Å²) in [4.78, 5) is 0. The van der Waals surface area contributed by atoms with Crippen LogP contribution in [0.5, 0.6) is 0 Å². The minimum Gasteiger partial charge on any atom is -0.372 e. The van der Waals surface area contributed by atoms with Crippen LogP contribution in [-0.2, 0) is 18.9 Å². The van der Waals surface area contributed by atoms with Gasteiger partial charge in [-0.15, -0.1) is 0 Å². The molecule has 0 bridgehead atoms. The molecule has 4 aliphatic heterocycles. The summed E-state index contributed by atoms with van der Waals surface area (Å²) in [5, 5.41) is 0. The number of hydrogen-bond donors (Lipinski definition) is 0. The first-order valence-corrected chi connectivity index (χ1v) is 20.3. The summed E-state index contributed by atoms with van der Waals surface area (Å²) in [7, 11) is 0. The zero-order valence-corrected chi connectivity index (χ0v) is 25.7. The maximum atomic E-state index is 5.59. The molecule has 0 amide bonds. The summed E-state index contributed by atoms with van der Waals surface area (Å²) in [6, 6.07) is 0. The second-order valence-electron chi connectivity index (χ2n) is 9.01. The van der Waals surface area contributed by atoms with Gasteiger partial charge in [-0.05, 0) is 12.2 Å². The average molecular weight is 605 g/mol. The summed E-state index contributed by atoms with van der Waals surface area (Å²) in [5.41, 5.74) is 0. The molecule has 4 nitrogen and oxygen atoms in total. The Morgan fingerprint density at radius 2 is 0.853 bits per heavy atom. The van der Waals surface area contributed by atoms with Crippen molar-refractivity contribution in [2.75, 3.05) is 101 Å². The van der Waals surface area contributed by atoms with Crippen LogP contribution < -0.4 is 0 Å². The molecule has 0 radical (unpaired) electrons. The maximum Gasteiger partial charge on any atom is 0.0900 e. The second-order valence-corrected chi connectivity index (χ2v) is 17.4. The SMILES string of the molecule is C(CSCC1CO1)SCCC(CSCCSCC1CO1)(CSCCSCC1CO1)SCC1CO1. The molecule has 0 saturated carbocycles. The standard InChI is InChI=1S/C23H40O4S7/c1(2-28-3-4-29-13-19-9-24-19)23(34-16-22-12-27-22,17-32-7-5-30-14-20-10-25-20)18-33-8-6-31-15-21-11-26-21/h19-22H,1-18H2. The van der Waals surface area contributed by atoms with E-state index in [4.69, 9.17) is 18.9 Å². The van der Waals surface area contributed by atoms with Crippen molar-refractivity contribution in [2.45, 2.75) is 35.6 Å². The Labute approximate surface area is 236 Å². The van der Waals surface area contributed by atoms with Crippen molar-refractivity contribution in [1.29, 1.82) is 0 Å². The summed E-state index contributed by atoms with van der Waals surface area (Å²) >= 11 is 14.9. The molecule has 4 rings (SSSR count). The van der Waals surface area contributed by atoms with Crippen molar-refractivity contribution < 1.29 is 18.9 Å². The smallest absolute Gasteiger partial charge is 0.0900 e. The second kappa shape index (κ2) is 17.1. The van der Waals surface area contributed by atoms with Gasteiger partial charge in [-0.1, -0.05) is 0 Å². The Balaban J connectivity index is 1.15. The van der Waals surface area contributed by atoms with Gasteiger partial charge in [0.25, 0.3) is 0 Å². The van der Waals surface area contributed by atoms with Crippen LogP contribution in [0.4, 0.5) is 0 Å². The van der Waals surface area contributed by atoms with Gasteiger partial charge in [0.05, 0.1) is 50.8 Å². The summed E-state index contributed by atoms with van der Waals surface area (Å²) in [6.45, 7) is 3.92. The Kier molecular flexibility index (Phi) is 14.7. The van der Waals surface area contributed by atoms with Gasteiger partial charge in [-0.3, -0.25) is 0 Å². The quantitative estimate of drug-likeness (QED) is 0.106. The molecule has 0 aromatic heterocycles. The third-order valence-electron chi connectivity index (χ3n) is 5.64. The molecule has 0 aromatic rings. The largest absolute Gasteiger partial charge is 0.372 e. The number of ether oxygens (including phenoxy) is 4. The highest BCUT2D eigenvalue weighted by Crippen LogP contribution is 2.39. The Bertz CT molecular complexity index is 521. The third-order valence-corrected chi connectivity index (χ3v) is 15.2. The molecule has 0 N–H and O–H groups in total. The molecule has 4 atom stereocenters. The van der Waals surface area contributed by atoms with Gasteiger partial charge in [0, 0.05) is 73.8 Å². The van der Waals surface area contributed by atoms with E-state index < -0.39 is 0 Å². The highest BCUT2D eigenvalue weighted by atomic mass is 32.2. The first-order valence-electron chi connectivity index (χ1n) is 12.4. The van der Waals surface area contributed by atoms with Crippen LogP contribution in [-0.4, -0.2) is 130 Å². The predicted octanol–water partition coefficient (Wildman–Crippen LogP) is 4.84. The van der Waals surface area contributed by atoms with Crippen molar-refractivity contribution >= 4 is 82.3 Å². The fourth-order valence-corrected chi connectivity index (χ4v) is 12.5. The third kappa shape index (κ3) is 14.4. The molecule has 4 unspecified atom stereocenters. The molecule has 0 spiro atoms. The molecule has 0 aromatic carbocycles. The van der Waals surface area contributed by atoms with Crippen molar-refractivity contribution in [3.63, 3.8) is 0 Å². The first-order chi connectivity index (χ1) is 16.8. The fraction of sp³-hybridized carbons (Fsp3) is 1.00. The number of rotatable bonds is 25. The Morgan fingerprint density at radius 1 is 0.471 bits per heavy atom. The van der Waals surface area contributed by atoms with E-state index in [1.54, 1.807) is 0 Å². The fourth-order valence-electron chi connectivity index (χ4n) is 3.14. The van der Waals surface area contributed by atoms with Gasteiger partial charge in [0.1, 0.15) is 0 Å². The van der Waals surface area contributed by atoms with Crippen LogP contribution in [0.25, 0.3) is 0 Å². The van der Waals surface area contributed by atoms with E-state index in [0.717, 1.165) is 26.4 Å². The average Bonchev–Trinajstić information content (AvgIpc) is 3.67. The van der Waals surface area contributed by atoms with Crippen LogP contribution >= 0.6 is 82.3 Å². The molecule has 4 saturated heterocycles. The van der Waals surface area contributed by atoms with E-state index in [1.165, 1.54) is 81.2 Å². The van der Waals surface area contributed by atoms with Gasteiger partial charge in [-0.2, -0.15) is 82.3 Å². The lowest BCUT2D eigenvalue weighted by Gasteiger charge is -2.33. The van der Waals surface area contributed by atoms with Gasteiger partial charge in [-0.25, -0.2) is 0 Å². The lowest BCUT2D eigenvalue weighted by molar-refractivity contribution is 0.425. The van der Waals surface area contributed by atoms with Crippen LogP contribution in [0, 0.1) is 0 Å². The van der Waals surface area contributed by atoms with E-state index in [0.29, 0.717) is 29.2 Å². The molecule has 34 heavy (non-hydrogen) atoms. The van der Waals surface area contributed by atoms with Gasteiger partial charge >= 0.3 is 0 Å². The number of epoxide rings is 4. The predicted molar refractivity (Wildman–Crippen MR) is 163 cm³/mol. The molecule has 198 valence electrons. The highest BCUT2D eigenvalue weighted by Gasteiger charge is 2.34. The number of hydrogen-bond acceptors (Lipinski definition) is 11. The van der Waals surface area contributed by atoms with Gasteiger partial charge < -0.3 is 18.9 Å². The van der Waals surface area contributed by atoms with Gasteiger partial charge in [0.2, 0.25) is 0 Å². The van der Waals surface area contributed by atoms with Crippen LogP contribution in [0.15, 0.2) is 0 Å². The van der Waals surface area contributed by atoms with Crippen molar-refractivity contribution in [2.24, 2.45) is 0 Å². The zero-order chi connectivity index (χ0) is 23.3. The molecule has 0 aliphatic carbocycles. The molecule has 4 heterocycles. The summed E-state index contributed by atoms with van der Waals surface area (Å²) in [6.07, 6.45) is 3.49. The number of thioether (sulfide) groups is 7. The van der Waals surface area contributed by atoms with E-state index >= 15 is 0 Å². The van der Waals surface area contributed by atoms with E-state index in [9.17, 15) is 0 Å². The lowest BCUT2D eigenvalue weighted by atomic mass is 10.1. The maximum absolute atomic E-state index is 5.59. The van der Waals surface area contributed by atoms with Crippen LogP contribution in [0.1, 0.15) is 6.42 Å². The molecular weight excluding hydrogens is 565 g/mol. The van der Waals surface area contributed by atoms with E-state index in [2.05, 4.69) is 82.3 Å². The highest BCUT2D eigenvalue weighted by molar-refractivity contribution is 8.07. The molecule has 4 aliphatic rings. The van der Waals surface area contributed by atoms with Crippen molar-refractivity contribution in [3.05, 3.63) is 0 Å². The Hall–Kier alpha value is 2.29. The summed E-state index contributed by atoms with van der Waals surface area (Å²) < 4.78 is 22.0. The molecule has 11 heteroatoms. The minimum atomic E-state index is 0.373.